The number of ether oxygens (including phenoxy) is 1. The van der Waals surface area contributed by atoms with Crippen molar-refractivity contribution in [2.24, 2.45) is 0 Å². The molecular weight excluding hydrogens is 336 g/mol. The van der Waals surface area contributed by atoms with Crippen LogP contribution in [-0.2, 0) is 6.42 Å². The minimum atomic E-state index is 0.293. The fraction of sp³-hybridized carbons (Fsp3) is 0.174. The number of nitrogens with zero attached hydrogens (tertiary/aromatic N) is 1. The van der Waals surface area contributed by atoms with Crippen LogP contribution in [0.1, 0.15) is 12.5 Å². The van der Waals surface area contributed by atoms with Crippen molar-refractivity contribution in [3.63, 3.8) is 0 Å². The van der Waals surface area contributed by atoms with Crippen molar-refractivity contribution in [3.05, 3.63) is 72.3 Å². The first kappa shape index (κ1) is 17.2. The van der Waals surface area contributed by atoms with Crippen molar-refractivity contribution in [1.82, 2.24) is 4.98 Å². The zero-order valence-electron chi connectivity index (χ0n) is 15.3. The van der Waals surface area contributed by atoms with Gasteiger partial charge in [0.2, 0.25) is 0 Å². The van der Waals surface area contributed by atoms with Gasteiger partial charge >= 0.3 is 0 Å². The van der Waals surface area contributed by atoms with Gasteiger partial charge in [0.15, 0.2) is 0 Å². The molecule has 136 valence electrons. The first-order valence-corrected chi connectivity index (χ1v) is 9.21. The van der Waals surface area contributed by atoms with E-state index < -0.39 is 0 Å². The number of benzene rings is 3. The van der Waals surface area contributed by atoms with Crippen molar-refractivity contribution in [2.45, 2.75) is 13.3 Å². The number of anilines is 1. The van der Waals surface area contributed by atoms with E-state index in [1.807, 2.05) is 49.4 Å². The third-order valence-electron chi connectivity index (χ3n) is 4.61. The molecule has 0 saturated heterocycles. The third kappa shape index (κ3) is 3.65. The molecule has 2 N–H and O–H groups in total. The Morgan fingerprint density at radius 3 is 2.52 bits per heavy atom. The van der Waals surface area contributed by atoms with Gasteiger partial charge in [-0.05, 0) is 55.3 Å². The van der Waals surface area contributed by atoms with Gasteiger partial charge in [-0.25, -0.2) is 4.98 Å². The van der Waals surface area contributed by atoms with Crippen molar-refractivity contribution < 1.29 is 9.84 Å². The molecule has 27 heavy (non-hydrogen) atoms. The molecule has 4 heteroatoms. The number of aromatic nitrogens is 1. The van der Waals surface area contributed by atoms with E-state index in [2.05, 4.69) is 17.4 Å². The topological polar surface area (TPSA) is 54.4 Å². The lowest BCUT2D eigenvalue weighted by Crippen LogP contribution is -2.06. The maximum absolute atomic E-state index is 9.43. The molecule has 1 aromatic heterocycles. The van der Waals surface area contributed by atoms with Gasteiger partial charge < -0.3 is 15.2 Å². The molecular formula is C23H22N2O2. The highest BCUT2D eigenvalue weighted by Gasteiger charge is 2.10. The number of nitrogens with one attached hydrogen (secondary N) is 1. The molecule has 0 atom stereocenters. The van der Waals surface area contributed by atoms with Crippen LogP contribution in [0.15, 0.2) is 66.7 Å². The lowest BCUT2D eigenvalue weighted by Gasteiger charge is -2.14. The number of fused-ring (bicyclic) bond motifs is 2. The summed E-state index contributed by atoms with van der Waals surface area (Å²) in [5.74, 6) is 1.14. The van der Waals surface area contributed by atoms with Gasteiger partial charge in [0.05, 0.1) is 23.3 Å². The van der Waals surface area contributed by atoms with Crippen LogP contribution in [-0.4, -0.2) is 23.2 Å². The van der Waals surface area contributed by atoms with E-state index in [1.54, 1.807) is 12.1 Å². The molecule has 4 nitrogen and oxygen atoms in total. The summed E-state index contributed by atoms with van der Waals surface area (Å²) in [5.41, 5.74) is 4.18. The predicted molar refractivity (Wildman–Crippen MR) is 111 cm³/mol. The Kier molecular flexibility index (Phi) is 4.79. The Hall–Kier alpha value is -3.27. The van der Waals surface area contributed by atoms with Crippen molar-refractivity contribution in [2.75, 3.05) is 18.5 Å². The second-order valence-electron chi connectivity index (χ2n) is 6.46. The highest BCUT2D eigenvalue weighted by Crippen LogP contribution is 2.33. The molecule has 0 spiro atoms. The Morgan fingerprint density at radius 2 is 1.70 bits per heavy atom. The molecule has 0 aliphatic carbocycles. The number of pyridine rings is 1. The van der Waals surface area contributed by atoms with Crippen LogP contribution in [0, 0.1) is 0 Å². The smallest absolute Gasteiger partial charge is 0.120 e. The quantitative estimate of drug-likeness (QED) is 0.468. The van der Waals surface area contributed by atoms with Crippen LogP contribution in [0.4, 0.5) is 5.69 Å². The molecule has 4 rings (SSSR count). The van der Waals surface area contributed by atoms with Crippen LogP contribution in [0.5, 0.6) is 11.5 Å². The second-order valence-corrected chi connectivity index (χ2v) is 6.46. The average molecular weight is 358 g/mol. The number of phenols is 1. The van der Waals surface area contributed by atoms with Crippen LogP contribution in [0.25, 0.3) is 21.8 Å². The van der Waals surface area contributed by atoms with Gasteiger partial charge in [-0.3, -0.25) is 0 Å². The van der Waals surface area contributed by atoms with Gasteiger partial charge in [0.25, 0.3) is 0 Å². The molecule has 0 aliphatic heterocycles. The Labute approximate surface area is 158 Å². The number of phenolic OH excluding ortho intramolecular Hbond substituents is 1. The van der Waals surface area contributed by atoms with Crippen LogP contribution in [0.2, 0.25) is 0 Å². The summed E-state index contributed by atoms with van der Waals surface area (Å²) in [4.78, 5) is 4.79. The van der Waals surface area contributed by atoms with E-state index >= 15 is 0 Å². The standard InChI is InChI=1S/C23H22N2O2/c1-2-27-18-11-12-22-20(15-18)23(19-5-3-4-6-21(19)25-22)24-14-13-16-7-9-17(26)10-8-16/h3-12,15,26H,2,13-14H2,1H3,(H,24,25). The highest BCUT2D eigenvalue weighted by molar-refractivity contribution is 6.07. The van der Waals surface area contributed by atoms with Crippen LogP contribution >= 0.6 is 0 Å². The molecule has 0 unspecified atom stereocenters. The number of aromatic hydroxyl groups is 1. The normalized spacial score (nSPS) is 11.0. The molecule has 1 heterocycles. The van der Waals surface area contributed by atoms with Gasteiger partial charge in [0.1, 0.15) is 11.5 Å². The molecule has 0 amide bonds. The molecule has 3 aromatic carbocycles. The van der Waals surface area contributed by atoms with E-state index in [9.17, 15) is 5.11 Å². The van der Waals surface area contributed by atoms with Crippen molar-refractivity contribution in [3.8, 4) is 11.5 Å². The summed E-state index contributed by atoms with van der Waals surface area (Å²) in [6.45, 7) is 3.41. The molecule has 0 bridgehead atoms. The SMILES string of the molecule is CCOc1ccc2nc3ccccc3c(NCCc3ccc(O)cc3)c2c1. The summed E-state index contributed by atoms with van der Waals surface area (Å²) < 4.78 is 5.69. The lowest BCUT2D eigenvalue weighted by molar-refractivity contribution is 0.340. The summed E-state index contributed by atoms with van der Waals surface area (Å²) >= 11 is 0. The highest BCUT2D eigenvalue weighted by atomic mass is 16.5. The van der Waals surface area contributed by atoms with Gasteiger partial charge in [-0.15, -0.1) is 0 Å². The second kappa shape index (κ2) is 7.54. The van der Waals surface area contributed by atoms with Crippen LogP contribution in [0.3, 0.4) is 0 Å². The minimum absolute atomic E-state index is 0.293. The van der Waals surface area contributed by atoms with Gasteiger partial charge in [0, 0.05) is 17.3 Å². The number of hydrogen-bond acceptors (Lipinski definition) is 4. The molecule has 4 aromatic rings. The molecule has 0 aliphatic rings. The minimum Gasteiger partial charge on any atom is -0.508 e. The van der Waals surface area contributed by atoms with Crippen molar-refractivity contribution in [1.29, 1.82) is 0 Å². The zero-order chi connectivity index (χ0) is 18.6. The van der Waals surface area contributed by atoms with E-state index in [1.165, 1.54) is 5.56 Å². The maximum atomic E-state index is 9.43. The monoisotopic (exact) mass is 358 g/mol. The zero-order valence-corrected chi connectivity index (χ0v) is 15.3. The molecule has 0 radical (unpaired) electrons. The Balaban J connectivity index is 1.70. The summed E-state index contributed by atoms with van der Waals surface area (Å²) in [6.07, 6.45) is 0.865. The lowest BCUT2D eigenvalue weighted by atomic mass is 10.1. The summed E-state index contributed by atoms with van der Waals surface area (Å²) in [6, 6.07) is 21.6. The van der Waals surface area contributed by atoms with E-state index in [0.717, 1.165) is 46.2 Å². The number of rotatable bonds is 6. The van der Waals surface area contributed by atoms with Gasteiger partial charge in [-0.1, -0.05) is 30.3 Å². The maximum Gasteiger partial charge on any atom is 0.120 e. The van der Waals surface area contributed by atoms with E-state index in [4.69, 9.17) is 9.72 Å². The van der Waals surface area contributed by atoms with Crippen LogP contribution < -0.4 is 10.1 Å². The molecule has 0 saturated carbocycles. The van der Waals surface area contributed by atoms with E-state index in [0.29, 0.717) is 12.4 Å². The fourth-order valence-electron chi connectivity index (χ4n) is 3.31. The number of para-hydroxylation sites is 1. The average Bonchev–Trinajstić information content (AvgIpc) is 2.69. The fourth-order valence-corrected chi connectivity index (χ4v) is 3.31. The summed E-state index contributed by atoms with van der Waals surface area (Å²) in [7, 11) is 0. The first-order valence-electron chi connectivity index (χ1n) is 9.21. The van der Waals surface area contributed by atoms with E-state index in [-0.39, 0.29) is 0 Å². The molecule has 0 fully saturated rings. The largest absolute Gasteiger partial charge is 0.508 e. The Morgan fingerprint density at radius 1 is 0.926 bits per heavy atom. The first-order chi connectivity index (χ1) is 13.2. The number of hydrogen-bond donors (Lipinski definition) is 2. The summed E-state index contributed by atoms with van der Waals surface area (Å²) in [5, 5.41) is 15.2. The predicted octanol–water partition coefficient (Wildman–Crippen LogP) is 5.15. The van der Waals surface area contributed by atoms with Gasteiger partial charge in [-0.2, -0.15) is 0 Å². The Bertz CT molecular complexity index is 1070. The van der Waals surface area contributed by atoms with Crippen molar-refractivity contribution >= 4 is 27.5 Å². The third-order valence-corrected chi connectivity index (χ3v) is 4.61.